The summed E-state index contributed by atoms with van der Waals surface area (Å²) in [7, 11) is 1.58. The summed E-state index contributed by atoms with van der Waals surface area (Å²) in [5.41, 5.74) is 9.77. The Bertz CT molecular complexity index is 1200. The van der Waals surface area contributed by atoms with E-state index in [1.807, 2.05) is 55.5 Å². The van der Waals surface area contributed by atoms with Crippen LogP contribution in [-0.2, 0) is 27.3 Å². The van der Waals surface area contributed by atoms with Crippen molar-refractivity contribution in [3.8, 4) is 5.75 Å². The number of methoxy groups -OCH3 is 1. The topological polar surface area (TPSA) is 114 Å². The van der Waals surface area contributed by atoms with Crippen molar-refractivity contribution < 1.29 is 23.9 Å². The molecule has 3 rings (SSSR count). The number of benzene rings is 2. The number of carbonyl (C=O) groups excluding carboxylic acids is 3. The van der Waals surface area contributed by atoms with E-state index in [9.17, 15) is 14.4 Å². The van der Waals surface area contributed by atoms with Crippen LogP contribution in [0.3, 0.4) is 0 Å². The number of halogens is 1. The molecule has 1 aliphatic rings. The number of ether oxygens (including phenoxy) is 2. The van der Waals surface area contributed by atoms with Gasteiger partial charge in [0.15, 0.2) is 0 Å². The fourth-order valence-electron chi connectivity index (χ4n) is 4.57. The number of nitrogens with zero attached hydrogens (tertiary/aromatic N) is 2. The summed E-state index contributed by atoms with van der Waals surface area (Å²) in [6, 6.07) is 13.6. The van der Waals surface area contributed by atoms with E-state index in [1.54, 1.807) is 31.1 Å². The molecule has 40 heavy (non-hydrogen) atoms. The minimum atomic E-state index is -0.783. The van der Waals surface area contributed by atoms with Gasteiger partial charge in [0.25, 0.3) is 5.91 Å². The number of hydrogen-bond donors (Lipinski definition) is 2. The van der Waals surface area contributed by atoms with Crippen LogP contribution in [0.1, 0.15) is 44.7 Å². The van der Waals surface area contributed by atoms with Gasteiger partial charge in [-0.15, -0.1) is 0 Å². The SMILES string of the molecule is COc1ccc(CN(NC(=O)C(C)N)C(=O)N2CCCC2/C=C/[C@](C)(COC(C)=O)Cc2cccc(Cl)c2)cc1. The van der Waals surface area contributed by atoms with Gasteiger partial charge >= 0.3 is 12.0 Å². The summed E-state index contributed by atoms with van der Waals surface area (Å²) in [4.78, 5) is 39.6. The van der Waals surface area contributed by atoms with E-state index in [0.717, 1.165) is 24.0 Å². The molecule has 3 N–H and O–H groups in total. The predicted molar refractivity (Wildman–Crippen MR) is 154 cm³/mol. The Kier molecular flexibility index (Phi) is 11.0. The molecular weight excluding hydrogens is 532 g/mol. The zero-order valence-corrected chi connectivity index (χ0v) is 24.3. The van der Waals surface area contributed by atoms with E-state index < -0.39 is 17.4 Å². The van der Waals surface area contributed by atoms with Crippen molar-refractivity contribution >= 4 is 29.5 Å². The number of rotatable bonds is 10. The lowest BCUT2D eigenvalue weighted by Gasteiger charge is -2.32. The van der Waals surface area contributed by atoms with Gasteiger partial charge < -0.3 is 20.1 Å². The molecule has 216 valence electrons. The van der Waals surface area contributed by atoms with E-state index in [4.69, 9.17) is 26.8 Å². The number of hydrazine groups is 1. The van der Waals surface area contributed by atoms with Crippen LogP contribution in [0.4, 0.5) is 4.79 Å². The second-order valence-corrected chi connectivity index (χ2v) is 10.9. The van der Waals surface area contributed by atoms with Crippen LogP contribution < -0.4 is 15.9 Å². The maximum atomic E-state index is 13.8. The van der Waals surface area contributed by atoms with Crippen LogP contribution in [0.25, 0.3) is 0 Å². The third-order valence-electron chi connectivity index (χ3n) is 6.76. The maximum absolute atomic E-state index is 13.8. The lowest BCUT2D eigenvalue weighted by molar-refractivity contribution is -0.143. The van der Waals surface area contributed by atoms with E-state index >= 15 is 0 Å². The van der Waals surface area contributed by atoms with Gasteiger partial charge in [0.1, 0.15) is 12.4 Å². The number of esters is 1. The van der Waals surface area contributed by atoms with Gasteiger partial charge in [-0.3, -0.25) is 15.0 Å². The van der Waals surface area contributed by atoms with Crippen LogP contribution in [0.5, 0.6) is 5.75 Å². The molecule has 1 heterocycles. The quantitative estimate of drug-likeness (QED) is 0.247. The molecule has 2 unspecified atom stereocenters. The Balaban J connectivity index is 1.82. The van der Waals surface area contributed by atoms with Crippen molar-refractivity contribution in [1.29, 1.82) is 0 Å². The number of likely N-dealkylation sites (tertiary alicyclic amines) is 1. The highest BCUT2D eigenvalue weighted by Crippen LogP contribution is 2.29. The number of carbonyl (C=O) groups is 3. The number of urea groups is 1. The molecule has 0 aromatic heterocycles. The Morgan fingerprint density at radius 1 is 1.23 bits per heavy atom. The lowest BCUT2D eigenvalue weighted by atomic mass is 9.83. The van der Waals surface area contributed by atoms with E-state index in [-0.39, 0.29) is 31.2 Å². The van der Waals surface area contributed by atoms with Gasteiger partial charge in [0, 0.05) is 23.9 Å². The second-order valence-electron chi connectivity index (χ2n) is 10.5. The molecule has 3 amide bonds. The van der Waals surface area contributed by atoms with Gasteiger partial charge in [-0.25, -0.2) is 9.80 Å². The standard InChI is InChI=1S/C30H39ClN4O5/c1-21(32)28(37)33-35(19-23-10-12-27(39-4)13-11-23)29(38)34-16-6-9-26(34)14-15-30(3,20-40-22(2)36)18-24-7-5-8-25(31)17-24/h5,7-8,10-15,17,21,26H,6,9,16,18-20,32H2,1-4H3,(H,33,37)/b15-14+/t21?,26?,30-/m0/s1. The highest BCUT2D eigenvalue weighted by molar-refractivity contribution is 6.30. The molecule has 1 aliphatic heterocycles. The van der Waals surface area contributed by atoms with Crippen LogP contribution in [-0.4, -0.2) is 60.2 Å². The average Bonchev–Trinajstić information content (AvgIpc) is 3.39. The van der Waals surface area contributed by atoms with Crippen molar-refractivity contribution in [1.82, 2.24) is 15.3 Å². The van der Waals surface area contributed by atoms with Crippen molar-refractivity contribution in [2.75, 3.05) is 20.3 Å². The molecule has 1 saturated heterocycles. The van der Waals surface area contributed by atoms with Crippen molar-refractivity contribution in [2.24, 2.45) is 11.1 Å². The summed E-state index contributed by atoms with van der Waals surface area (Å²) in [5.74, 6) is -0.119. The molecule has 2 aromatic carbocycles. The van der Waals surface area contributed by atoms with Crippen LogP contribution in [0.2, 0.25) is 5.02 Å². The Morgan fingerprint density at radius 3 is 2.58 bits per heavy atom. The third kappa shape index (κ3) is 8.99. The molecule has 0 saturated carbocycles. The van der Waals surface area contributed by atoms with E-state index in [0.29, 0.717) is 23.7 Å². The minimum Gasteiger partial charge on any atom is -0.497 e. The third-order valence-corrected chi connectivity index (χ3v) is 6.99. The van der Waals surface area contributed by atoms with Crippen LogP contribution >= 0.6 is 11.6 Å². The first kappa shape index (κ1) is 31.0. The first-order valence-electron chi connectivity index (χ1n) is 13.3. The summed E-state index contributed by atoms with van der Waals surface area (Å²) < 4.78 is 10.6. The molecular formula is C30H39ClN4O5. The first-order chi connectivity index (χ1) is 19.0. The number of nitrogens with one attached hydrogen (secondary N) is 1. The van der Waals surface area contributed by atoms with E-state index in [2.05, 4.69) is 5.43 Å². The Hall–Kier alpha value is -3.56. The predicted octanol–water partition coefficient (Wildman–Crippen LogP) is 4.48. The van der Waals surface area contributed by atoms with Crippen molar-refractivity contribution in [3.63, 3.8) is 0 Å². The Labute approximate surface area is 241 Å². The maximum Gasteiger partial charge on any atom is 0.339 e. The monoisotopic (exact) mass is 570 g/mol. The normalized spacial score (nSPS) is 17.2. The molecule has 9 nitrogen and oxygen atoms in total. The van der Waals surface area contributed by atoms with Crippen molar-refractivity contribution in [2.45, 2.75) is 58.7 Å². The summed E-state index contributed by atoms with van der Waals surface area (Å²) in [6.45, 7) is 5.84. The zero-order valence-electron chi connectivity index (χ0n) is 23.6. The van der Waals surface area contributed by atoms with Gasteiger partial charge in [-0.05, 0) is 61.6 Å². The van der Waals surface area contributed by atoms with Crippen LogP contribution in [0.15, 0.2) is 60.7 Å². The molecule has 0 spiro atoms. The molecule has 0 bridgehead atoms. The molecule has 0 aliphatic carbocycles. The first-order valence-corrected chi connectivity index (χ1v) is 13.7. The fraction of sp³-hybridized carbons (Fsp3) is 0.433. The highest BCUT2D eigenvalue weighted by atomic mass is 35.5. The lowest BCUT2D eigenvalue weighted by Crippen LogP contribution is -2.55. The smallest absolute Gasteiger partial charge is 0.339 e. The zero-order chi connectivity index (χ0) is 29.3. The largest absolute Gasteiger partial charge is 0.497 e. The van der Waals surface area contributed by atoms with Crippen molar-refractivity contribution in [3.05, 3.63) is 76.8 Å². The van der Waals surface area contributed by atoms with Gasteiger partial charge in [0.2, 0.25) is 0 Å². The summed E-state index contributed by atoms with van der Waals surface area (Å²) in [5, 5.41) is 1.94. The van der Waals surface area contributed by atoms with Gasteiger partial charge in [0.05, 0.1) is 25.7 Å². The number of nitrogens with two attached hydrogens (primary N) is 1. The molecule has 2 aromatic rings. The average molecular weight is 571 g/mol. The van der Waals surface area contributed by atoms with Gasteiger partial charge in [-0.1, -0.05) is 54.9 Å². The molecule has 1 fully saturated rings. The summed E-state index contributed by atoms with van der Waals surface area (Å²) >= 11 is 6.20. The van der Waals surface area contributed by atoms with Crippen LogP contribution in [0, 0.1) is 5.41 Å². The molecule has 10 heteroatoms. The molecule has 3 atom stereocenters. The second kappa shape index (κ2) is 14.2. The fourth-order valence-corrected chi connectivity index (χ4v) is 4.78. The molecule has 0 radical (unpaired) electrons. The van der Waals surface area contributed by atoms with Gasteiger partial charge in [-0.2, -0.15) is 0 Å². The highest BCUT2D eigenvalue weighted by Gasteiger charge is 2.33. The Morgan fingerprint density at radius 2 is 1.95 bits per heavy atom. The minimum absolute atomic E-state index is 0.160. The summed E-state index contributed by atoms with van der Waals surface area (Å²) in [6.07, 6.45) is 6.18. The number of hydrogen-bond acceptors (Lipinski definition) is 6. The number of amides is 3. The van der Waals surface area contributed by atoms with E-state index in [1.165, 1.54) is 11.9 Å².